The fourth-order valence-corrected chi connectivity index (χ4v) is 2.57. The molecule has 0 fully saturated rings. The number of pyridine rings is 1. The zero-order valence-corrected chi connectivity index (χ0v) is 13.3. The van der Waals surface area contributed by atoms with Crippen molar-refractivity contribution in [3.05, 3.63) is 63.3 Å². The van der Waals surface area contributed by atoms with Crippen molar-refractivity contribution in [2.75, 3.05) is 0 Å². The second-order valence-corrected chi connectivity index (χ2v) is 5.52. The SMILES string of the molecule is CCC(NC(=O)c1cccnc1Br)c1cccc(Cl)c1. The summed E-state index contributed by atoms with van der Waals surface area (Å²) in [4.78, 5) is 16.3. The van der Waals surface area contributed by atoms with E-state index in [-0.39, 0.29) is 11.9 Å². The van der Waals surface area contributed by atoms with Gasteiger partial charge in [-0.1, -0.05) is 30.7 Å². The maximum absolute atomic E-state index is 12.3. The molecule has 0 aliphatic rings. The summed E-state index contributed by atoms with van der Waals surface area (Å²) in [6.07, 6.45) is 2.42. The molecule has 1 unspecified atom stereocenters. The number of nitrogens with zero attached hydrogens (tertiary/aromatic N) is 1. The minimum atomic E-state index is -0.156. The van der Waals surface area contributed by atoms with Crippen molar-refractivity contribution in [2.24, 2.45) is 0 Å². The first-order valence-corrected chi connectivity index (χ1v) is 7.45. The average molecular weight is 354 g/mol. The highest BCUT2D eigenvalue weighted by molar-refractivity contribution is 9.10. The van der Waals surface area contributed by atoms with Crippen LogP contribution in [0, 0.1) is 0 Å². The molecule has 0 spiro atoms. The lowest BCUT2D eigenvalue weighted by Crippen LogP contribution is -2.28. The predicted molar refractivity (Wildman–Crippen MR) is 83.9 cm³/mol. The van der Waals surface area contributed by atoms with E-state index in [2.05, 4.69) is 26.2 Å². The van der Waals surface area contributed by atoms with E-state index in [1.807, 2.05) is 31.2 Å². The molecule has 0 aliphatic heterocycles. The molecule has 0 radical (unpaired) electrons. The second kappa shape index (κ2) is 6.86. The number of carbonyl (C=O) groups is 1. The van der Waals surface area contributed by atoms with Gasteiger partial charge in [0.2, 0.25) is 0 Å². The van der Waals surface area contributed by atoms with Crippen molar-refractivity contribution in [2.45, 2.75) is 19.4 Å². The van der Waals surface area contributed by atoms with Gasteiger partial charge in [-0.25, -0.2) is 4.98 Å². The van der Waals surface area contributed by atoms with Gasteiger partial charge in [-0.2, -0.15) is 0 Å². The molecule has 20 heavy (non-hydrogen) atoms. The molecule has 104 valence electrons. The minimum Gasteiger partial charge on any atom is -0.345 e. The summed E-state index contributed by atoms with van der Waals surface area (Å²) in [7, 11) is 0. The molecule has 1 N–H and O–H groups in total. The minimum absolute atomic E-state index is 0.0756. The number of rotatable bonds is 4. The van der Waals surface area contributed by atoms with Gasteiger partial charge in [0, 0.05) is 11.2 Å². The molecule has 0 aliphatic carbocycles. The van der Waals surface area contributed by atoms with E-state index >= 15 is 0 Å². The fraction of sp³-hybridized carbons (Fsp3) is 0.200. The van der Waals surface area contributed by atoms with Gasteiger partial charge in [-0.15, -0.1) is 0 Å². The van der Waals surface area contributed by atoms with Crippen molar-refractivity contribution in [1.82, 2.24) is 10.3 Å². The molecule has 0 saturated heterocycles. The van der Waals surface area contributed by atoms with Crippen LogP contribution in [-0.2, 0) is 0 Å². The summed E-state index contributed by atoms with van der Waals surface area (Å²) in [5.41, 5.74) is 1.52. The Morgan fingerprint density at radius 2 is 2.20 bits per heavy atom. The number of hydrogen-bond acceptors (Lipinski definition) is 2. The third-order valence-corrected chi connectivity index (χ3v) is 3.84. The van der Waals surface area contributed by atoms with E-state index < -0.39 is 0 Å². The van der Waals surface area contributed by atoms with Crippen molar-refractivity contribution in [3.8, 4) is 0 Å². The van der Waals surface area contributed by atoms with Crippen molar-refractivity contribution >= 4 is 33.4 Å². The van der Waals surface area contributed by atoms with Crippen LogP contribution in [0.5, 0.6) is 0 Å². The van der Waals surface area contributed by atoms with Crippen molar-refractivity contribution in [3.63, 3.8) is 0 Å². The van der Waals surface area contributed by atoms with Crippen LogP contribution in [0.3, 0.4) is 0 Å². The molecular formula is C15H14BrClN2O. The van der Waals surface area contributed by atoms with E-state index in [1.165, 1.54) is 0 Å². The Morgan fingerprint density at radius 3 is 2.85 bits per heavy atom. The Labute approximate surface area is 131 Å². The Balaban J connectivity index is 2.19. The highest BCUT2D eigenvalue weighted by Crippen LogP contribution is 2.21. The van der Waals surface area contributed by atoms with Crippen LogP contribution in [0.15, 0.2) is 47.2 Å². The lowest BCUT2D eigenvalue weighted by molar-refractivity contribution is 0.0934. The Bertz CT molecular complexity index is 618. The molecule has 1 amide bonds. The highest BCUT2D eigenvalue weighted by Gasteiger charge is 2.16. The number of benzene rings is 1. The van der Waals surface area contributed by atoms with Gasteiger partial charge in [-0.3, -0.25) is 4.79 Å². The third-order valence-electron chi connectivity index (χ3n) is 2.97. The molecule has 1 aromatic carbocycles. The largest absolute Gasteiger partial charge is 0.345 e. The maximum atomic E-state index is 12.3. The van der Waals surface area contributed by atoms with Crippen LogP contribution in [0.2, 0.25) is 5.02 Å². The molecule has 1 heterocycles. The first-order valence-electron chi connectivity index (χ1n) is 6.28. The number of hydrogen-bond donors (Lipinski definition) is 1. The smallest absolute Gasteiger partial charge is 0.254 e. The number of aromatic nitrogens is 1. The van der Waals surface area contributed by atoms with Gasteiger partial charge < -0.3 is 5.32 Å². The van der Waals surface area contributed by atoms with Crippen LogP contribution in [0.25, 0.3) is 0 Å². The standard InChI is InChI=1S/C15H14BrClN2O/c1-2-13(10-5-3-6-11(17)9-10)19-15(20)12-7-4-8-18-14(12)16/h3-9,13H,2H2,1H3,(H,19,20). The molecule has 0 bridgehead atoms. The monoisotopic (exact) mass is 352 g/mol. The molecule has 1 aromatic heterocycles. The Kier molecular flexibility index (Phi) is 5.15. The summed E-state index contributed by atoms with van der Waals surface area (Å²) in [6, 6.07) is 10.9. The van der Waals surface area contributed by atoms with Crippen LogP contribution < -0.4 is 5.32 Å². The first-order chi connectivity index (χ1) is 9.61. The lowest BCUT2D eigenvalue weighted by atomic mass is 10.0. The summed E-state index contributed by atoms with van der Waals surface area (Å²) < 4.78 is 0.540. The zero-order chi connectivity index (χ0) is 14.5. The fourth-order valence-electron chi connectivity index (χ4n) is 1.94. The van der Waals surface area contributed by atoms with Gasteiger partial charge in [0.25, 0.3) is 5.91 Å². The Hall–Kier alpha value is -1.39. The summed E-state index contributed by atoms with van der Waals surface area (Å²) in [6.45, 7) is 2.02. The lowest BCUT2D eigenvalue weighted by Gasteiger charge is -2.18. The van der Waals surface area contributed by atoms with Crippen LogP contribution in [0.4, 0.5) is 0 Å². The maximum Gasteiger partial charge on any atom is 0.254 e. The van der Waals surface area contributed by atoms with Crippen LogP contribution in [0.1, 0.15) is 35.3 Å². The predicted octanol–water partition coefficient (Wildman–Crippen LogP) is 4.38. The van der Waals surface area contributed by atoms with Crippen molar-refractivity contribution < 1.29 is 4.79 Å². The van der Waals surface area contributed by atoms with E-state index in [0.29, 0.717) is 15.2 Å². The molecule has 2 aromatic rings. The van der Waals surface area contributed by atoms with E-state index in [1.54, 1.807) is 18.3 Å². The first kappa shape index (κ1) is 15.0. The third kappa shape index (κ3) is 3.58. The quantitative estimate of drug-likeness (QED) is 0.829. The van der Waals surface area contributed by atoms with Crippen LogP contribution >= 0.6 is 27.5 Å². The van der Waals surface area contributed by atoms with E-state index in [0.717, 1.165) is 12.0 Å². The number of amides is 1. The van der Waals surface area contributed by atoms with Gasteiger partial charge in [-0.05, 0) is 52.2 Å². The van der Waals surface area contributed by atoms with Gasteiger partial charge in [0.15, 0.2) is 0 Å². The highest BCUT2D eigenvalue weighted by atomic mass is 79.9. The van der Waals surface area contributed by atoms with Gasteiger partial charge in [0.05, 0.1) is 11.6 Å². The van der Waals surface area contributed by atoms with Crippen molar-refractivity contribution in [1.29, 1.82) is 0 Å². The topological polar surface area (TPSA) is 42.0 Å². The molecule has 5 heteroatoms. The molecule has 1 atom stereocenters. The number of nitrogens with one attached hydrogen (secondary N) is 1. The van der Waals surface area contributed by atoms with E-state index in [9.17, 15) is 4.79 Å². The normalized spacial score (nSPS) is 11.9. The zero-order valence-electron chi connectivity index (χ0n) is 10.9. The van der Waals surface area contributed by atoms with Crippen LogP contribution in [-0.4, -0.2) is 10.9 Å². The average Bonchev–Trinajstić information content (AvgIpc) is 2.45. The number of carbonyl (C=O) groups excluding carboxylic acids is 1. The summed E-state index contributed by atoms with van der Waals surface area (Å²) in [5, 5.41) is 3.66. The van der Waals surface area contributed by atoms with Gasteiger partial charge >= 0.3 is 0 Å². The number of halogens is 2. The molecule has 3 nitrogen and oxygen atoms in total. The summed E-state index contributed by atoms with van der Waals surface area (Å²) in [5.74, 6) is -0.156. The second-order valence-electron chi connectivity index (χ2n) is 4.33. The Morgan fingerprint density at radius 1 is 1.40 bits per heavy atom. The summed E-state index contributed by atoms with van der Waals surface area (Å²) >= 11 is 9.28. The molecule has 2 rings (SSSR count). The molecule has 0 saturated carbocycles. The molecular weight excluding hydrogens is 340 g/mol. The van der Waals surface area contributed by atoms with Gasteiger partial charge in [0.1, 0.15) is 4.60 Å². The van der Waals surface area contributed by atoms with E-state index in [4.69, 9.17) is 11.6 Å².